The monoisotopic (exact) mass is 142 g/mol. The summed E-state index contributed by atoms with van der Waals surface area (Å²) in [6.45, 7) is 2.41. The summed E-state index contributed by atoms with van der Waals surface area (Å²) >= 11 is 0. The molecule has 0 aromatic rings. The summed E-state index contributed by atoms with van der Waals surface area (Å²) in [6, 6.07) is 0. The van der Waals surface area contributed by atoms with Gasteiger partial charge in [0.25, 0.3) is 0 Å². The molecule has 2 aliphatic rings. The minimum Gasteiger partial charge on any atom is -0.465 e. The SMILES string of the molecule is O=C(O)N1CCC12CNC2. The lowest BCUT2D eigenvalue weighted by atomic mass is 9.80. The van der Waals surface area contributed by atoms with Crippen LogP contribution in [0.2, 0.25) is 0 Å². The van der Waals surface area contributed by atoms with Crippen molar-refractivity contribution < 1.29 is 9.90 Å². The van der Waals surface area contributed by atoms with Gasteiger partial charge >= 0.3 is 6.09 Å². The number of carbonyl (C=O) groups is 1. The van der Waals surface area contributed by atoms with Crippen molar-refractivity contribution in [3.8, 4) is 0 Å². The Labute approximate surface area is 58.8 Å². The zero-order valence-electron chi connectivity index (χ0n) is 5.63. The van der Waals surface area contributed by atoms with E-state index in [2.05, 4.69) is 5.32 Å². The molecule has 2 aliphatic heterocycles. The Morgan fingerprint density at radius 2 is 2.30 bits per heavy atom. The molecule has 0 unspecified atom stereocenters. The van der Waals surface area contributed by atoms with Crippen LogP contribution in [0.3, 0.4) is 0 Å². The van der Waals surface area contributed by atoms with E-state index in [0.29, 0.717) is 0 Å². The number of likely N-dealkylation sites (tertiary alicyclic amines) is 1. The molecule has 0 radical (unpaired) electrons. The van der Waals surface area contributed by atoms with E-state index >= 15 is 0 Å². The molecular formula is C6H10N2O2. The van der Waals surface area contributed by atoms with Crippen molar-refractivity contribution in [3.63, 3.8) is 0 Å². The Morgan fingerprint density at radius 3 is 2.40 bits per heavy atom. The molecule has 0 aromatic carbocycles. The van der Waals surface area contributed by atoms with Crippen molar-refractivity contribution >= 4 is 6.09 Å². The number of hydrogen-bond acceptors (Lipinski definition) is 2. The van der Waals surface area contributed by atoms with Crippen LogP contribution in [0, 0.1) is 0 Å². The van der Waals surface area contributed by atoms with Crippen molar-refractivity contribution in [1.29, 1.82) is 0 Å². The van der Waals surface area contributed by atoms with Gasteiger partial charge in [-0.15, -0.1) is 0 Å². The summed E-state index contributed by atoms with van der Waals surface area (Å²) in [7, 11) is 0. The fraction of sp³-hybridized carbons (Fsp3) is 0.833. The summed E-state index contributed by atoms with van der Waals surface area (Å²) in [5.74, 6) is 0. The lowest BCUT2D eigenvalue weighted by Gasteiger charge is -2.57. The highest BCUT2D eigenvalue weighted by Crippen LogP contribution is 2.33. The van der Waals surface area contributed by atoms with Crippen LogP contribution in [0.5, 0.6) is 0 Å². The first-order valence-electron chi connectivity index (χ1n) is 3.46. The third-order valence-electron chi connectivity index (χ3n) is 2.51. The maximum atomic E-state index is 10.5. The van der Waals surface area contributed by atoms with Crippen molar-refractivity contribution in [2.75, 3.05) is 19.6 Å². The normalized spacial score (nSPS) is 27.4. The number of carboxylic acid groups (broad SMARTS) is 1. The molecule has 0 atom stereocenters. The molecule has 1 amide bonds. The van der Waals surface area contributed by atoms with E-state index in [1.807, 2.05) is 0 Å². The standard InChI is InChI=1S/C6H10N2O2/c9-5(10)8-2-1-6(8)3-7-4-6/h7H,1-4H2,(H,9,10). The minimum atomic E-state index is -0.771. The number of nitrogens with one attached hydrogen (secondary N) is 1. The molecule has 0 bridgehead atoms. The van der Waals surface area contributed by atoms with Gasteiger partial charge in [0, 0.05) is 19.6 Å². The van der Waals surface area contributed by atoms with E-state index in [1.165, 1.54) is 4.90 Å². The van der Waals surface area contributed by atoms with Crippen LogP contribution >= 0.6 is 0 Å². The van der Waals surface area contributed by atoms with Crippen LogP contribution in [0.4, 0.5) is 4.79 Å². The first-order valence-corrected chi connectivity index (χ1v) is 3.46. The second-order valence-corrected chi connectivity index (χ2v) is 3.01. The van der Waals surface area contributed by atoms with Gasteiger partial charge in [-0.3, -0.25) is 4.90 Å². The average Bonchev–Trinajstić information content (AvgIpc) is 1.53. The minimum absolute atomic E-state index is 0.00579. The maximum Gasteiger partial charge on any atom is 0.407 e. The van der Waals surface area contributed by atoms with Crippen LogP contribution in [0.15, 0.2) is 0 Å². The zero-order chi connectivity index (χ0) is 7.19. The summed E-state index contributed by atoms with van der Waals surface area (Å²) in [6.07, 6.45) is 0.263. The molecule has 10 heavy (non-hydrogen) atoms. The molecule has 2 fully saturated rings. The molecule has 4 heteroatoms. The van der Waals surface area contributed by atoms with Crippen molar-refractivity contribution in [2.45, 2.75) is 12.0 Å². The Morgan fingerprint density at radius 1 is 1.60 bits per heavy atom. The van der Waals surface area contributed by atoms with Gasteiger partial charge in [0.1, 0.15) is 0 Å². The molecule has 56 valence electrons. The maximum absolute atomic E-state index is 10.5. The van der Waals surface area contributed by atoms with Gasteiger partial charge in [0.15, 0.2) is 0 Å². The highest BCUT2D eigenvalue weighted by atomic mass is 16.4. The van der Waals surface area contributed by atoms with Gasteiger partial charge in [-0.05, 0) is 6.42 Å². The van der Waals surface area contributed by atoms with Crippen molar-refractivity contribution in [2.24, 2.45) is 0 Å². The zero-order valence-corrected chi connectivity index (χ0v) is 5.63. The average molecular weight is 142 g/mol. The van der Waals surface area contributed by atoms with E-state index in [0.717, 1.165) is 26.1 Å². The largest absolute Gasteiger partial charge is 0.465 e. The number of nitrogens with zero attached hydrogens (tertiary/aromatic N) is 1. The summed E-state index contributed by atoms with van der Waals surface area (Å²) < 4.78 is 0. The second kappa shape index (κ2) is 1.63. The third-order valence-corrected chi connectivity index (χ3v) is 2.51. The third kappa shape index (κ3) is 0.520. The molecule has 0 aliphatic carbocycles. The van der Waals surface area contributed by atoms with E-state index in [9.17, 15) is 4.79 Å². The summed E-state index contributed by atoms with van der Waals surface area (Å²) in [5, 5.41) is 11.7. The van der Waals surface area contributed by atoms with Gasteiger partial charge in [0.2, 0.25) is 0 Å². The quantitative estimate of drug-likeness (QED) is 0.488. The van der Waals surface area contributed by atoms with Crippen LogP contribution in [0.1, 0.15) is 6.42 Å². The smallest absolute Gasteiger partial charge is 0.407 e. The molecule has 1 spiro atoms. The Bertz CT molecular complexity index is 171. The van der Waals surface area contributed by atoms with E-state index in [1.54, 1.807) is 0 Å². The van der Waals surface area contributed by atoms with Gasteiger partial charge in [-0.25, -0.2) is 4.79 Å². The van der Waals surface area contributed by atoms with Crippen LogP contribution in [-0.2, 0) is 0 Å². The lowest BCUT2D eigenvalue weighted by molar-refractivity contribution is -0.0343. The summed E-state index contributed by atoms with van der Waals surface area (Å²) in [4.78, 5) is 12.0. The second-order valence-electron chi connectivity index (χ2n) is 3.01. The van der Waals surface area contributed by atoms with Crippen LogP contribution < -0.4 is 5.32 Å². The topological polar surface area (TPSA) is 52.6 Å². The fourth-order valence-corrected chi connectivity index (χ4v) is 1.62. The van der Waals surface area contributed by atoms with Gasteiger partial charge in [-0.1, -0.05) is 0 Å². The molecule has 0 aromatic heterocycles. The highest BCUT2D eigenvalue weighted by Gasteiger charge is 2.51. The van der Waals surface area contributed by atoms with Gasteiger partial charge in [-0.2, -0.15) is 0 Å². The molecule has 2 rings (SSSR count). The molecule has 2 N–H and O–H groups in total. The first-order chi connectivity index (χ1) is 4.75. The highest BCUT2D eigenvalue weighted by molar-refractivity contribution is 5.68. The van der Waals surface area contributed by atoms with Crippen LogP contribution in [0.25, 0.3) is 0 Å². The lowest BCUT2D eigenvalue weighted by Crippen LogP contribution is -2.76. The van der Waals surface area contributed by atoms with E-state index in [4.69, 9.17) is 5.11 Å². The van der Waals surface area contributed by atoms with Gasteiger partial charge < -0.3 is 10.4 Å². The number of amides is 1. The molecule has 4 nitrogen and oxygen atoms in total. The van der Waals surface area contributed by atoms with E-state index in [-0.39, 0.29) is 5.54 Å². The van der Waals surface area contributed by atoms with Gasteiger partial charge in [0.05, 0.1) is 5.54 Å². The molecule has 2 saturated heterocycles. The van der Waals surface area contributed by atoms with E-state index < -0.39 is 6.09 Å². The molecule has 0 saturated carbocycles. The van der Waals surface area contributed by atoms with Crippen LogP contribution in [-0.4, -0.2) is 41.3 Å². The Balaban J connectivity index is 2.05. The molecular weight excluding hydrogens is 132 g/mol. The first kappa shape index (κ1) is 5.97. The number of hydrogen-bond donors (Lipinski definition) is 2. The molecule has 2 heterocycles. The predicted octanol–water partition coefficient (Wildman–Crippen LogP) is -0.288. The fourth-order valence-electron chi connectivity index (χ4n) is 1.62. The Hall–Kier alpha value is -0.770. The Kier molecular flexibility index (Phi) is 0.976. The predicted molar refractivity (Wildman–Crippen MR) is 34.9 cm³/mol. The van der Waals surface area contributed by atoms with Crippen molar-refractivity contribution in [3.05, 3.63) is 0 Å². The number of rotatable bonds is 0. The summed E-state index contributed by atoms with van der Waals surface area (Å²) in [5.41, 5.74) is 0.00579. The van der Waals surface area contributed by atoms with Crippen molar-refractivity contribution in [1.82, 2.24) is 10.2 Å².